The molecule has 0 radical (unpaired) electrons. The average Bonchev–Trinajstić information content (AvgIpc) is 2.20. The van der Waals surface area contributed by atoms with Crippen molar-refractivity contribution >= 4 is 0 Å². The van der Waals surface area contributed by atoms with Gasteiger partial charge in [0.1, 0.15) is 5.75 Å². The predicted octanol–water partition coefficient (Wildman–Crippen LogP) is 2.02. The smallest absolute Gasteiger partial charge is 0.133 e. The van der Waals surface area contributed by atoms with Crippen LogP contribution in [-0.4, -0.2) is 28.1 Å². The molecule has 1 aromatic heterocycles. The maximum atomic E-state index is 9.07. The first kappa shape index (κ1) is 11.0. The molecule has 0 fully saturated rings. The number of nitrogens with zero attached hydrogens (tertiary/aromatic N) is 2. The molecule has 0 saturated carbocycles. The van der Waals surface area contributed by atoms with Gasteiger partial charge >= 0.3 is 0 Å². The number of aromatic nitrogens is 1. The molecule has 1 aromatic rings. The van der Waals surface area contributed by atoms with Gasteiger partial charge < -0.3 is 5.11 Å². The normalized spacial score (nSPS) is 13.1. The van der Waals surface area contributed by atoms with Crippen molar-refractivity contribution in [2.24, 2.45) is 0 Å². The molecule has 14 heavy (non-hydrogen) atoms. The van der Waals surface area contributed by atoms with E-state index >= 15 is 0 Å². The van der Waals surface area contributed by atoms with E-state index in [1.807, 2.05) is 6.07 Å². The molecule has 0 bridgehead atoms. The van der Waals surface area contributed by atoms with Crippen LogP contribution < -0.4 is 0 Å². The Labute approximate surface area is 85.4 Å². The van der Waals surface area contributed by atoms with Crippen molar-refractivity contribution in [3.63, 3.8) is 0 Å². The molecule has 1 unspecified atom stereocenters. The largest absolute Gasteiger partial charge is 0.506 e. The van der Waals surface area contributed by atoms with Gasteiger partial charge in [0.05, 0.1) is 11.9 Å². The van der Waals surface area contributed by atoms with E-state index in [2.05, 4.69) is 30.8 Å². The molecule has 1 atom stereocenters. The topological polar surface area (TPSA) is 36.4 Å². The molecule has 0 spiro atoms. The molecular formula is C11H18N2O. The van der Waals surface area contributed by atoms with Gasteiger partial charge in [-0.05, 0) is 32.5 Å². The van der Waals surface area contributed by atoms with E-state index in [1.165, 1.54) is 6.20 Å². The van der Waals surface area contributed by atoms with E-state index in [0.717, 1.165) is 18.7 Å². The molecule has 3 heteroatoms. The summed E-state index contributed by atoms with van der Waals surface area (Å²) in [6.45, 7) is 5.20. The van der Waals surface area contributed by atoms with Crippen LogP contribution >= 0.6 is 0 Å². The van der Waals surface area contributed by atoms with Gasteiger partial charge in [-0.25, -0.2) is 0 Å². The van der Waals surface area contributed by atoms with E-state index in [4.69, 9.17) is 5.11 Å². The van der Waals surface area contributed by atoms with Crippen LogP contribution in [0.5, 0.6) is 5.75 Å². The van der Waals surface area contributed by atoms with Crippen LogP contribution in [0.15, 0.2) is 18.3 Å². The minimum Gasteiger partial charge on any atom is -0.506 e. The number of hydrogen-bond acceptors (Lipinski definition) is 3. The zero-order valence-corrected chi connectivity index (χ0v) is 9.07. The van der Waals surface area contributed by atoms with Gasteiger partial charge in [0.25, 0.3) is 0 Å². The van der Waals surface area contributed by atoms with Crippen molar-refractivity contribution in [1.29, 1.82) is 0 Å². The summed E-state index contributed by atoms with van der Waals surface area (Å²) < 4.78 is 0. The molecule has 1 heterocycles. The summed E-state index contributed by atoms with van der Waals surface area (Å²) in [7, 11) is 2.09. The van der Waals surface area contributed by atoms with Crippen LogP contribution in [0.1, 0.15) is 26.0 Å². The van der Waals surface area contributed by atoms with Crippen LogP contribution in [0.2, 0.25) is 0 Å². The van der Waals surface area contributed by atoms with Crippen LogP contribution in [-0.2, 0) is 6.54 Å². The predicted molar refractivity (Wildman–Crippen MR) is 57.1 cm³/mol. The number of aromatic hydroxyl groups is 1. The van der Waals surface area contributed by atoms with Gasteiger partial charge in [-0.2, -0.15) is 0 Å². The van der Waals surface area contributed by atoms with E-state index in [0.29, 0.717) is 6.04 Å². The summed E-state index contributed by atoms with van der Waals surface area (Å²) in [5.74, 6) is 0.222. The Balaban J connectivity index is 2.56. The standard InChI is InChI=1S/C11H18N2O/c1-4-9(2)13(3)8-10-5-6-11(14)7-12-10/h5-7,9,14H,4,8H2,1-3H3. The van der Waals surface area contributed by atoms with E-state index < -0.39 is 0 Å². The van der Waals surface area contributed by atoms with Crippen molar-refractivity contribution < 1.29 is 5.11 Å². The van der Waals surface area contributed by atoms with Crippen molar-refractivity contribution in [2.45, 2.75) is 32.9 Å². The SMILES string of the molecule is CCC(C)N(C)Cc1ccc(O)cn1. The molecule has 0 saturated heterocycles. The molecule has 3 nitrogen and oxygen atoms in total. The lowest BCUT2D eigenvalue weighted by Crippen LogP contribution is -2.28. The third kappa shape index (κ3) is 3.00. The van der Waals surface area contributed by atoms with E-state index in [1.54, 1.807) is 6.07 Å². The highest BCUT2D eigenvalue weighted by Gasteiger charge is 2.07. The van der Waals surface area contributed by atoms with Crippen LogP contribution in [0.4, 0.5) is 0 Å². The maximum Gasteiger partial charge on any atom is 0.133 e. The summed E-state index contributed by atoms with van der Waals surface area (Å²) in [6.07, 6.45) is 2.62. The Hall–Kier alpha value is -1.09. The third-order valence-corrected chi connectivity index (χ3v) is 2.56. The maximum absolute atomic E-state index is 9.07. The lowest BCUT2D eigenvalue weighted by molar-refractivity contribution is 0.241. The number of rotatable bonds is 4. The molecule has 0 aliphatic rings. The summed E-state index contributed by atoms with van der Waals surface area (Å²) in [6, 6.07) is 4.09. The Morgan fingerprint density at radius 3 is 2.71 bits per heavy atom. The van der Waals surface area contributed by atoms with Gasteiger partial charge in [0.2, 0.25) is 0 Å². The molecule has 78 valence electrons. The minimum absolute atomic E-state index is 0.222. The highest BCUT2D eigenvalue weighted by atomic mass is 16.3. The first-order valence-corrected chi connectivity index (χ1v) is 4.97. The second kappa shape index (κ2) is 4.96. The van der Waals surface area contributed by atoms with Crippen LogP contribution in [0.3, 0.4) is 0 Å². The Bertz CT molecular complexity index is 271. The molecular weight excluding hydrogens is 176 g/mol. The number of hydrogen-bond donors (Lipinski definition) is 1. The Kier molecular flexibility index (Phi) is 3.89. The summed E-state index contributed by atoms with van der Waals surface area (Å²) in [4.78, 5) is 6.39. The first-order chi connectivity index (χ1) is 6.63. The van der Waals surface area contributed by atoms with Crippen LogP contribution in [0.25, 0.3) is 0 Å². The van der Waals surface area contributed by atoms with Crippen LogP contribution in [0, 0.1) is 0 Å². The monoisotopic (exact) mass is 194 g/mol. The lowest BCUT2D eigenvalue weighted by Gasteiger charge is -2.22. The molecule has 1 N–H and O–H groups in total. The third-order valence-electron chi connectivity index (χ3n) is 2.56. The van der Waals surface area contributed by atoms with E-state index in [-0.39, 0.29) is 5.75 Å². The lowest BCUT2D eigenvalue weighted by atomic mass is 10.2. The Morgan fingerprint density at radius 2 is 2.21 bits per heavy atom. The summed E-state index contributed by atoms with van der Waals surface area (Å²) in [5.41, 5.74) is 0.991. The molecule has 0 aliphatic heterocycles. The van der Waals surface area contributed by atoms with Crippen molar-refractivity contribution in [1.82, 2.24) is 9.88 Å². The fourth-order valence-electron chi connectivity index (χ4n) is 1.23. The average molecular weight is 194 g/mol. The fourth-order valence-corrected chi connectivity index (χ4v) is 1.23. The van der Waals surface area contributed by atoms with Crippen molar-refractivity contribution in [2.75, 3.05) is 7.05 Å². The summed E-state index contributed by atoms with van der Waals surface area (Å²) >= 11 is 0. The molecule has 0 amide bonds. The quantitative estimate of drug-likeness (QED) is 0.796. The van der Waals surface area contributed by atoms with Crippen molar-refractivity contribution in [3.05, 3.63) is 24.0 Å². The van der Waals surface area contributed by atoms with Gasteiger partial charge in [0, 0.05) is 12.6 Å². The fraction of sp³-hybridized carbons (Fsp3) is 0.545. The van der Waals surface area contributed by atoms with Gasteiger partial charge in [-0.15, -0.1) is 0 Å². The zero-order chi connectivity index (χ0) is 10.6. The number of pyridine rings is 1. The highest BCUT2D eigenvalue weighted by Crippen LogP contribution is 2.09. The molecule has 0 aromatic carbocycles. The first-order valence-electron chi connectivity index (χ1n) is 4.97. The Morgan fingerprint density at radius 1 is 1.50 bits per heavy atom. The van der Waals surface area contributed by atoms with Gasteiger partial charge in [0.15, 0.2) is 0 Å². The van der Waals surface area contributed by atoms with Crippen molar-refractivity contribution in [3.8, 4) is 5.75 Å². The molecule has 0 aliphatic carbocycles. The summed E-state index contributed by atoms with van der Waals surface area (Å²) in [5, 5.41) is 9.07. The zero-order valence-electron chi connectivity index (χ0n) is 9.07. The second-order valence-electron chi connectivity index (χ2n) is 3.68. The van der Waals surface area contributed by atoms with E-state index in [9.17, 15) is 0 Å². The highest BCUT2D eigenvalue weighted by molar-refractivity contribution is 5.17. The second-order valence-corrected chi connectivity index (χ2v) is 3.68. The van der Waals surface area contributed by atoms with Gasteiger partial charge in [-0.3, -0.25) is 9.88 Å². The molecule has 1 rings (SSSR count). The van der Waals surface area contributed by atoms with Gasteiger partial charge in [-0.1, -0.05) is 6.92 Å². The minimum atomic E-state index is 0.222.